The predicted octanol–water partition coefficient (Wildman–Crippen LogP) is 2.42. The molecule has 1 heterocycles. The average molecular weight is 514 g/mol. The minimum atomic E-state index is -3.31. The van der Waals surface area contributed by atoms with Crippen LogP contribution in [0, 0.1) is 6.92 Å². The summed E-state index contributed by atoms with van der Waals surface area (Å²) < 4.78 is 36.4. The highest BCUT2D eigenvalue weighted by atomic mass is 35.5. The maximum atomic E-state index is 11.7. The first kappa shape index (κ1) is 27.7. The van der Waals surface area contributed by atoms with Gasteiger partial charge in [-0.15, -0.1) is 12.4 Å². The molecular formula is C23H32ClN3O6S. The third-order valence-electron chi connectivity index (χ3n) is 5.20. The molecule has 9 nitrogen and oxygen atoms in total. The first-order valence-electron chi connectivity index (χ1n) is 10.7. The zero-order valence-corrected chi connectivity index (χ0v) is 21.2. The Morgan fingerprint density at radius 3 is 2.53 bits per heavy atom. The molecule has 0 radical (unpaired) electrons. The van der Waals surface area contributed by atoms with Crippen LogP contribution in [-0.4, -0.2) is 70.0 Å². The first-order valence-corrected chi connectivity index (χ1v) is 12.6. The lowest BCUT2D eigenvalue weighted by atomic mass is 9.98. The van der Waals surface area contributed by atoms with Crippen LogP contribution in [0.15, 0.2) is 36.4 Å². The Bertz CT molecular complexity index is 1080. The summed E-state index contributed by atoms with van der Waals surface area (Å²) in [5.41, 5.74) is 3.25. The number of likely N-dealkylation sites (N-methyl/N-ethyl adjacent to an activating group) is 1. The molecule has 0 saturated carbocycles. The van der Waals surface area contributed by atoms with Crippen molar-refractivity contribution in [3.05, 3.63) is 47.5 Å². The molecule has 0 aromatic heterocycles. The van der Waals surface area contributed by atoms with Gasteiger partial charge in [0.2, 0.25) is 15.9 Å². The van der Waals surface area contributed by atoms with E-state index in [1.54, 1.807) is 24.3 Å². The number of hydrogen-bond donors (Lipinski definition) is 3. The Morgan fingerprint density at radius 2 is 1.85 bits per heavy atom. The molecule has 2 aromatic carbocycles. The van der Waals surface area contributed by atoms with E-state index in [2.05, 4.69) is 10.0 Å². The lowest BCUT2D eigenvalue weighted by molar-refractivity contribution is -0.116. The van der Waals surface area contributed by atoms with Gasteiger partial charge in [0.25, 0.3) is 0 Å². The molecule has 1 amide bonds. The number of aryl methyl sites for hydroxylation is 1. The van der Waals surface area contributed by atoms with E-state index >= 15 is 0 Å². The average Bonchev–Trinajstić information content (AvgIpc) is 2.74. The highest BCUT2D eigenvalue weighted by Gasteiger charge is 2.21. The number of anilines is 2. The number of carbonyl (C=O) groups is 1. The number of fused-ring (bicyclic) bond motifs is 1. The molecule has 0 fully saturated rings. The van der Waals surface area contributed by atoms with Gasteiger partial charge in [-0.3, -0.25) is 9.52 Å². The topological polar surface area (TPSA) is 117 Å². The lowest BCUT2D eigenvalue weighted by Gasteiger charge is -2.24. The quantitative estimate of drug-likeness (QED) is 0.422. The van der Waals surface area contributed by atoms with Crippen LogP contribution >= 0.6 is 12.4 Å². The van der Waals surface area contributed by atoms with Gasteiger partial charge in [0.15, 0.2) is 0 Å². The molecule has 2 aromatic rings. The molecule has 0 saturated heterocycles. The first-order chi connectivity index (χ1) is 15.6. The van der Waals surface area contributed by atoms with Gasteiger partial charge in [-0.05, 0) is 56.3 Å². The van der Waals surface area contributed by atoms with Crippen LogP contribution in [-0.2, 0) is 21.2 Å². The van der Waals surface area contributed by atoms with Gasteiger partial charge in [0.1, 0.15) is 30.8 Å². The molecular weight excluding hydrogens is 482 g/mol. The fourth-order valence-electron chi connectivity index (χ4n) is 3.59. The van der Waals surface area contributed by atoms with Gasteiger partial charge >= 0.3 is 0 Å². The molecule has 1 aliphatic heterocycles. The van der Waals surface area contributed by atoms with Gasteiger partial charge in [-0.1, -0.05) is 6.07 Å². The van der Waals surface area contributed by atoms with Crippen LogP contribution in [0.3, 0.4) is 0 Å². The van der Waals surface area contributed by atoms with Crippen LogP contribution in [0.2, 0.25) is 0 Å². The second kappa shape index (κ2) is 12.3. The van der Waals surface area contributed by atoms with Gasteiger partial charge in [0, 0.05) is 30.8 Å². The van der Waals surface area contributed by atoms with Gasteiger partial charge < -0.3 is 24.8 Å². The van der Waals surface area contributed by atoms with Crippen molar-refractivity contribution in [3.63, 3.8) is 0 Å². The van der Waals surface area contributed by atoms with E-state index in [9.17, 15) is 18.3 Å². The van der Waals surface area contributed by atoms with Crippen molar-refractivity contribution >= 4 is 39.7 Å². The van der Waals surface area contributed by atoms with Crippen molar-refractivity contribution in [2.45, 2.75) is 25.9 Å². The molecule has 3 N–H and O–H groups in total. The molecule has 11 heteroatoms. The molecule has 1 atom stereocenters. The molecule has 1 aliphatic rings. The lowest BCUT2D eigenvalue weighted by Crippen LogP contribution is -2.35. The summed E-state index contributed by atoms with van der Waals surface area (Å²) >= 11 is 0. The highest BCUT2D eigenvalue weighted by Crippen LogP contribution is 2.34. The summed E-state index contributed by atoms with van der Waals surface area (Å²) in [7, 11) is -1.43. The number of ether oxygens (including phenoxy) is 2. The van der Waals surface area contributed by atoms with Crippen LogP contribution < -0.4 is 19.5 Å². The van der Waals surface area contributed by atoms with E-state index in [0.717, 1.165) is 23.1 Å². The summed E-state index contributed by atoms with van der Waals surface area (Å²) in [6, 6.07) is 10.4. The Morgan fingerprint density at radius 1 is 1.15 bits per heavy atom. The zero-order chi connectivity index (χ0) is 24.0. The molecule has 0 aliphatic carbocycles. The molecule has 34 heavy (non-hydrogen) atoms. The maximum Gasteiger partial charge on any atom is 0.229 e. The highest BCUT2D eigenvalue weighted by molar-refractivity contribution is 7.92. The molecule has 3 rings (SSSR count). The third kappa shape index (κ3) is 8.35. The van der Waals surface area contributed by atoms with E-state index in [1.807, 2.05) is 31.0 Å². The number of benzene rings is 2. The summed E-state index contributed by atoms with van der Waals surface area (Å²) in [6.07, 6.45) is 1.46. The van der Waals surface area contributed by atoms with E-state index in [-0.39, 0.29) is 24.9 Å². The number of amides is 1. The number of halogens is 1. The standard InChI is InChI=1S/C23H31N3O6S.ClH/c1-16-4-10-21(20-9-11-22(28)24-23(16)20)32-15-18(27)14-26(2)12-13-31-19-7-5-17(6-8-19)25-33(3,29)30;/h4-8,10,18,25,27H,9,11-15H2,1-3H3,(H,24,28);1H. The van der Waals surface area contributed by atoms with E-state index in [1.165, 1.54) is 0 Å². The maximum absolute atomic E-state index is 11.7. The number of nitrogens with zero attached hydrogens (tertiary/aromatic N) is 1. The van der Waals surface area contributed by atoms with E-state index in [4.69, 9.17) is 9.47 Å². The van der Waals surface area contributed by atoms with Crippen LogP contribution in [0.25, 0.3) is 0 Å². The van der Waals surface area contributed by atoms with Gasteiger partial charge in [0.05, 0.1) is 11.9 Å². The van der Waals surface area contributed by atoms with Crippen molar-refractivity contribution in [1.82, 2.24) is 4.90 Å². The SMILES string of the molecule is Cc1ccc(OCC(O)CN(C)CCOc2ccc(NS(C)(=O)=O)cc2)c2c1NC(=O)CC2.Cl. The van der Waals surface area contributed by atoms with Gasteiger partial charge in [-0.25, -0.2) is 8.42 Å². The number of carbonyl (C=O) groups excluding carboxylic acids is 1. The minimum Gasteiger partial charge on any atom is -0.492 e. The Labute approximate surface area is 206 Å². The fourth-order valence-corrected chi connectivity index (χ4v) is 4.15. The van der Waals surface area contributed by atoms with Crippen LogP contribution in [0.1, 0.15) is 17.5 Å². The summed E-state index contributed by atoms with van der Waals surface area (Å²) in [4.78, 5) is 13.6. The molecule has 188 valence electrons. The van der Waals surface area contributed by atoms with Crippen LogP contribution in [0.4, 0.5) is 11.4 Å². The number of aliphatic hydroxyl groups excluding tert-OH is 1. The zero-order valence-electron chi connectivity index (χ0n) is 19.5. The van der Waals surface area contributed by atoms with Crippen molar-refractivity contribution in [3.8, 4) is 11.5 Å². The number of rotatable bonds is 11. The van der Waals surface area contributed by atoms with Crippen molar-refractivity contribution in [1.29, 1.82) is 0 Å². The Kier molecular flexibility index (Phi) is 9.99. The third-order valence-corrected chi connectivity index (χ3v) is 5.80. The van der Waals surface area contributed by atoms with Gasteiger partial charge in [-0.2, -0.15) is 0 Å². The monoisotopic (exact) mass is 513 g/mol. The largest absolute Gasteiger partial charge is 0.492 e. The summed E-state index contributed by atoms with van der Waals surface area (Å²) in [5.74, 6) is 1.32. The van der Waals surface area contributed by atoms with Crippen molar-refractivity contribution in [2.24, 2.45) is 0 Å². The van der Waals surface area contributed by atoms with E-state index < -0.39 is 16.1 Å². The number of nitrogens with one attached hydrogen (secondary N) is 2. The number of aliphatic hydroxyl groups is 1. The molecule has 0 spiro atoms. The summed E-state index contributed by atoms with van der Waals surface area (Å²) in [5, 5.41) is 13.3. The smallest absolute Gasteiger partial charge is 0.229 e. The number of sulfonamides is 1. The fraction of sp³-hybridized carbons (Fsp3) is 0.435. The summed E-state index contributed by atoms with van der Waals surface area (Å²) in [6.45, 7) is 3.50. The molecule has 1 unspecified atom stereocenters. The predicted molar refractivity (Wildman–Crippen MR) is 135 cm³/mol. The number of hydrogen-bond acceptors (Lipinski definition) is 7. The minimum absolute atomic E-state index is 0. The van der Waals surface area contributed by atoms with E-state index in [0.29, 0.717) is 49.7 Å². The van der Waals surface area contributed by atoms with Crippen LogP contribution in [0.5, 0.6) is 11.5 Å². The Balaban J connectivity index is 0.00000408. The second-order valence-electron chi connectivity index (χ2n) is 8.26. The Hall–Kier alpha value is -2.53. The van der Waals surface area contributed by atoms with Crippen molar-refractivity contribution < 1.29 is 27.8 Å². The van der Waals surface area contributed by atoms with Crippen molar-refractivity contribution in [2.75, 3.05) is 49.6 Å². The molecule has 0 bridgehead atoms. The normalized spacial score (nSPS) is 14.0. The second-order valence-corrected chi connectivity index (χ2v) is 10.0.